The van der Waals surface area contributed by atoms with Gasteiger partial charge >= 0.3 is 0 Å². The molecular formula is C55H39N5. The van der Waals surface area contributed by atoms with Gasteiger partial charge in [-0.05, 0) is 87.3 Å². The van der Waals surface area contributed by atoms with Gasteiger partial charge in [0.15, 0.2) is 17.5 Å². The molecule has 1 atom stereocenters. The molecule has 0 radical (unpaired) electrons. The first kappa shape index (κ1) is 36.5. The van der Waals surface area contributed by atoms with Crippen LogP contribution in [0.3, 0.4) is 0 Å². The molecule has 60 heavy (non-hydrogen) atoms. The van der Waals surface area contributed by atoms with E-state index in [1.807, 2.05) is 54.9 Å². The van der Waals surface area contributed by atoms with Crippen LogP contribution in [-0.2, 0) is 0 Å². The molecule has 3 heterocycles. The molecular weight excluding hydrogens is 731 g/mol. The Bertz CT molecular complexity index is 2840. The van der Waals surface area contributed by atoms with Crippen LogP contribution in [0.15, 0.2) is 219 Å². The lowest BCUT2D eigenvalue weighted by Gasteiger charge is -2.19. The van der Waals surface area contributed by atoms with Gasteiger partial charge in [-0.15, -0.1) is 0 Å². The van der Waals surface area contributed by atoms with Crippen molar-refractivity contribution >= 4 is 5.57 Å². The third-order valence-electron chi connectivity index (χ3n) is 11.0. The summed E-state index contributed by atoms with van der Waals surface area (Å²) in [6, 6.07) is 65.2. The summed E-state index contributed by atoms with van der Waals surface area (Å²) in [6.07, 6.45) is 11.3. The van der Waals surface area contributed by atoms with Crippen LogP contribution in [0, 0.1) is 0 Å². The number of benzene rings is 6. The predicted molar refractivity (Wildman–Crippen MR) is 244 cm³/mol. The van der Waals surface area contributed by atoms with Crippen LogP contribution in [0.1, 0.15) is 23.6 Å². The van der Waals surface area contributed by atoms with E-state index in [1.54, 1.807) is 0 Å². The smallest absolute Gasteiger partial charge is 0.164 e. The first-order valence-electron chi connectivity index (χ1n) is 20.2. The quantitative estimate of drug-likeness (QED) is 0.146. The molecule has 5 heteroatoms. The minimum Gasteiger partial charge on any atom is -0.256 e. The largest absolute Gasteiger partial charge is 0.256 e. The zero-order chi connectivity index (χ0) is 40.1. The van der Waals surface area contributed by atoms with Crippen molar-refractivity contribution in [1.29, 1.82) is 0 Å². The van der Waals surface area contributed by atoms with E-state index in [2.05, 4.69) is 174 Å². The van der Waals surface area contributed by atoms with E-state index < -0.39 is 0 Å². The van der Waals surface area contributed by atoms with E-state index in [0.717, 1.165) is 79.0 Å². The Kier molecular flexibility index (Phi) is 10.0. The molecule has 1 aliphatic carbocycles. The van der Waals surface area contributed by atoms with Crippen LogP contribution in [0.2, 0.25) is 0 Å². The molecule has 0 saturated carbocycles. The number of rotatable bonds is 9. The predicted octanol–water partition coefficient (Wildman–Crippen LogP) is 13.5. The van der Waals surface area contributed by atoms with Crippen molar-refractivity contribution in [2.75, 3.05) is 0 Å². The zero-order valence-corrected chi connectivity index (χ0v) is 32.8. The Morgan fingerprint density at radius 3 is 1.28 bits per heavy atom. The molecule has 0 aliphatic heterocycles. The molecule has 0 bridgehead atoms. The highest BCUT2D eigenvalue weighted by atomic mass is 15.0. The van der Waals surface area contributed by atoms with E-state index >= 15 is 0 Å². The maximum atomic E-state index is 5.22. The topological polar surface area (TPSA) is 64.5 Å². The van der Waals surface area contributed by atoms with Crippen molar-refractivity contribution in [2.24, 2.45) is 0 Å². The molecule has 0 amide bonds. The standard InChI is InChI=1S/C55H39N5/c1-3-11-38(12-4-1)40-21-29-46(30-22-40)53-58-54(47-31-23-41(24-32-47)39-13-5-2-6-14-39)60-55(59-53)50-36-48(42-17-25-44(26-18-42)51-15-7-9-33-56-51)35-49(37-50)43-19-27-45(28-20-43)52-16-8-10-34-57-52/h1-19,21-37,43H,20H2. The van der Waals surface area contributed by atoms with Crippen molar-refractivity contribution in [3.05, 3.63) is 230 Å². The third kappa shape index (κ3) is 7.85. The Labute approximate surface area is 350 Å². The number of hydrogen-bond donors (Lipinski definition) is 0. The highest BCUT2D eigenvalue weighted by Gasteiger charge is 2.19. The lowest BCUT2D eigenvalue weighted by molar-refractivity contribution is 0.856. The molecule has 0 fully saturated rings. The summed E-state index contributed by atoms with van der Waals surface area (Å²) in [5.41, 5.74) is 14.9. The molecule has 3 aromatic heterocycles. The van der Waals surface area contributed by atoms with Gasteiger partial charge < -0.3 is 0 Å². The zero-order valence-electron chi connectivity index (χ0n) is 32.8. The van der Waals surface area contributed by atoms with Gasteiger partial charge in [-0.3, -0.25) is 9.97 Å². The van der Waals surface area contributed by atoms with Crippen molar-refractivity contribution in [1.82, 2.24) is 24.9 Å². The van der Waals surface area contributed by atoms with E-state index in [1.165, 1.54) is 5.56 Å². The molecule has 284 valence electrons. The van der Waals surface area contributed by atoms with Crippen LogP contribution < -0.4 is 0 Å². The SMILES string of the molecule is C1=CC(c2cc(-c3ccc(-c4ccccn4)cc3)cc(-c3nc(-c4ccc(-c5ccccc5)cc4)nc(-c4ccc(-c5ccccc5)cc4)n3)c2)CC=C1c1ccccn1. The Hall–Kier alpha value is -7.89. The monoisotopic (exact) mass is 769 g/mol. The lowest BCUT2D eigenvalue weighted by Crippen LogP contribution is -2.03. The first-order valence-corrected chi connectivity index (χ1v) is 20.2. The second-order valence-electron chi connectivity index (χ2n) is 14.9. The molecule has 10 rings (SSSR count). The molecule has 1 aliphatic rings. The van der Waals surface area contributed by atoms with Gasteiger partial charge in [0, 0.05) is 40.6 Å². The highest BCUT2D eigenvalue weighted by Crippen LogP contribution is 2.37. The Balaban J connectivity index is 1.09. The fourth-order valence-corrected chi connectivity index (χ4v) is 7.77. The van der Waals surface area contributed by atoms with Gasteiger partial charge in [-0.25, -0.2) is 15.0 Å². The van der Waals surface area contributed by atoms with E-state index in [0.29, 0.717) is 17.5 Å². The molecule has 9 aromatic rings. The normalized spacial score (nSPS) is 13.5. The van der Waals surface area contributed by atoms with Crippen LogP contribution in [-0.4, -0.2) is 24.9 Å². The molecule has 1 unspecified atom stereocenters. The summed E-state index contributed by atoms with van der Waals surface area (Å²) in [7, 11) is 0. The maximum absolute atomic E-state index is 5.22. The third-order valence-corrected chi connectivity index (χ3v) is 11.0. The van der Waals surface area contributed by atoms with Gasteiger partial charge in [0.2, 0.25) is 0 Å². The number of allylic oxidation sites excluding steroid dienone is 4. The van der Waals surface area contributed by atoms with Crippen molar-refractivity contribution < 1.29 is 0 Å². The van der Waals surface area contributed by atoms with E-state index in [-0.39, 0.29) is 5.92 Å². The first-order chi connectivity index (χ1) is 29.7. The number of aromatic nitrogens is 5. The van der Waals surface area contributed by atoms with Crippen LogP contribution in [0.25, 0.3) is 84.4 Å². The second-order valence-corrected chi connectivity index (χ2v) is 14.9. The summed E-state index contributed by atoms with van der Waals surface area (Å²) in [6.45, 7) is 0. The summed E-state index contributed by atoms with van der Waals surface area (Å²) >= 11 is 0. The van der Waals surface area contributed by atoms with Gasteiger partial charge in [-0.1, -0.05) is 170 Å². The fraction of sp³-hybridized carbons (Fsp3) is 0.0364. The summed E-state index contributed by atoms with van der Waals surface area (Å²) < 4.78 is 0. The average Bonchev–Trinajstić information content (AvgIpc) is 3.35. The van der Waals surface area contributed by atoms with Crippen molar-refractivity contribution in [2.45, 2.75) is 12.3 Å². The molecule has 0 saturated heterocycles. The minimum absolute atomic E-state index is 0.154. The molecule has 6 aromatic carbocycles. The Morgan fingerprint density at radius 1 is 0.350 bits per heavy atom. The van der Waals surface area contributed by atoms with Crippen molar-refractivity contribution in [3.63, 3.8) is 0 Å². The maximum Gasteiger partial charge on any atom is 0.164 e. The molecule has 0 spiro atoms. The van der Waals surface area contributed by atoms with Gasteiger partial charge in [0.1, 0.15) is 0 Å². The van der Waals surface area contributed by atoms with Crippen LogP contribution in [0.4, 0.5) is 0 Å². The fourth-order valence-electron chi connectivity index (χ4n) is 7.77. The minimum atomic E-state index is 0.154. The van der Waals surface area contributed by atoms with E-state index in [9.17, 15) is 0 Å². The van der Waals surface area contributed by atoms with Crippen LogP contribution >= 0.6 is 0 Å². The summed E-state index contributed by atoms with van der Waals surface area (Å²) in [4.78, 5) is 24.7. The highest BCUT2D eigenvalue weighted by molar-refractivity contribution is 5.78. The van der Waals surface area contributed by atoms with Crippen molar-refractivity contribution in [3.8, 4) is 78.8 Å². The summed E-state index contributed by atoms with van der Waals surface area (Å²) in [5, 5.41) is 0. The summed E-state index contributed by atoms with van der Waals surface area (Å²) in [5.74, 6) is 2.01. The van der Waals surface area contributed by atoms with Gasteiger partial charge in [-0.2, -0.15) is 0 Å². The van der Waals surface area contributed by atoms with E-state index in [4.69, 9.17) is 15.0 Å². The van der Waals surface area contributed by atoms with Gasteiger partial charge in [0.05, 0.1) is 11.4 Å². The average molecular weight is 770 g/mol. The van der Waals surface area contributed by atoms with Crippen LogP contribution in [0.5, 0.6) is 0 Å². The lowest BCUT2D eigenvalue weighted by atomic mass is 9.86. The Morgan fingerprint density at radius 2 is 0.783 bits per heavy atom. The number of nitrogens with zero attached hydrogens (tertiary/aromatic N) is 5. The second kappa shape index (κ2) is 16.5. The number of pyridine rings is 2. The molecule has 5 nitrogen and oxygen atoms in total. The molecule has 0 N–H and O–H groups in total. The number of hydrogen-bond acceptors (Lipinski definition) is 5. The van der Waals surface area contributed by atoms with Gasteiger partial charge in [0.25, 0.3) is 0 Å².